The summed E-state index contributed by atoms with van der Waals surface area (Å²) in [5.41, 5.74) is 2.86. The number of aromatic amines is 1. The normalized spacial score (nSPS) is 10.4. The molecule has 2 heterocycles. The van der Waals surface area contributed by atoms with Crippen molar-refractivity contribution in [1.82, 2.24) is 20.3 Å². The number of imidazole rings is 1. The number of pyridine rings is 1. The van der Waals surface area contributed by atoms with E-state index in [-0.39, 0.29) is 17.6 Å². The fourth-order valence-electron chi connectivity index (χ4n) is 2.88. The molecule has 0 aliphatic carbocycles. The summed E-state index contributed by atoms with van der Waals surface area (Å²) in [4.78, 5) is 36.1. The summed E-state index contributed by atoms with van der Waals surface area (Å²) in [5, 5.41) is 5.60. The highest BCUT2D eigenvalue weighted by Crippen LogP contribution is 2.20. The molecule has 2 aromatic heterocycles. The number of benzene rings is 2. The van der Waals surface area contributed by atoms with Gasteiger partial charge < -0.3 is 15.6 Å². The van der Waals surface area contributed by atoms with Crippen LogP contribution in [0.1, 0.15) is 26.5 Å². The van der Waals surface area contributed by atoms with Crippen molar-refractivity contribution in [2.45, 2.75) is 6.54 Å². The molecule has 4 aromatic rings. The fourth-order valence-corrected chi connectivity index (χ4v) is 2.88. The first-order valence-corrected chi connectivity index (χ1v) is 9.39. The van der Waals surface area contributed by atoms with Gasteiger partial charge in [-0.05, 0) is 29.8 Å². The lowest BCUT2D eigenvalue weighted by Crippen LogP contribution is -2.23. The van der Waals surface area contributed by atoms with Gasteiger partial charge in [0.25, 0.3) is 11.8 Å². The molecule has 0 atom stereocenters. The Morgan fingerprint density at radius 2 is 1.63 bits per heavy atom. The molecule has 2 aromatic carbocycles. The number of anilines is 1. The molecule has 7 heteroatoms. The first-order valence-electron chi connectivity index (χ1n) is 9.39. The highest BCUT2D eigenvalue weighted by molar-refractivity contribution is 6.03. The Labute approximate surface area is 173 Å². The average Bonchev–Trinajstić information content (AvgIpc) is 3.29. The second kappa shape index (κ2) is 8.83. The van der Waals surface area contributed by atoms with Crippen LogP contribution in [0.5, 0.6) is 0 Å². The van der Waals surface area contributed by atoms with Crippen LogP contribution in [-0.2, 0) is 6.54 Å². The number of amides is 2. The van der Waals surface area contributed by atoms with Crippen molar-refractivity contribution in [3.63, 3.8) is 0 Å². The number of carbonyl (C=O) groups is 2. The molecule has 0 spiro atoms. The highest BCUT2D eigenvalue weighted by Gasteiger charge is 2.13. The number of hydrogen-bond donors (Lipinski definition) is 3. The van der Waals surface area contributed by atoms with Gasteiger partial charge in [-0.3, -0.25) is 9.59 Å². The van der Waals surface area contributed by atoms with Gasteiger partial charge in [0.1, 0.15) is 5.82 Å². The molecule has 0 saturated carbocycles. The minimum atomic E-state index is -0.295. The van der Waals surface area contributed by atoms with Crippen molar-refractivity contribution in [2.24, 2.45) is 0 Å². The van der Waals surface area contributed by atoms with E-state index in [2.05, 4.69) is 25.6 Å². The molecule has 3 N–H and O–H groups in total. The number of nitrogens with zero attached hydrogens (tertiary/aromatic N) is 2. The van der Waals surface area contributed by atoms with Crippen LogP contribution in [0.4, 0.5) is 5.82 Å². The van der Waals surface area contributed by atoms with Crippen LogP contribution >= 0.6 is 0 Å². The molecule has 0 unspecified atom stereocenters. The Balaban J connectivity index is 1.43. The van der Waals surface area contributed by atoms with Crippen molar-refractivity contribution in [2.75, 3.05) is 5.32 Å². The van der Waals surface area contributed by atoms with E-state index in [0.717, 1.165) is 11.1 Å². The number of hydrogen-bond acceptors (Lipinski definition) is 4. The van der Waals surface area contributed by atoms with Gasteiger partial charge in [-0.15, -0.1) is 0 Å². The van der Waals surface area contributed by atoms with E-state index in [1.165, 1.54) is 0 Å². The van der Waals surface area contributed by atoms with E-state index in [9.17, 15) is 9.59 Å². The SMILES string of the molecule is O=C(Nc1cc(-c2c[nH]c(C(=O)NCc3ccccc3)n2)ccn1)c1ccccc1. The zero-order chi connectivity index (χ0) is 20.8. The van der Waals surface area contributed by atoms with E-state index >= 15 is 0 Å². The molecule has 7 nitrogen and oxygen atoms in total. The zero-order valence-corrected chi connectivity index (χ0v) is 16.0. The summed E-state index contributed by atoms with van der Waals surface area (Å²) in [6.07, 6.45) is 3.23. The molecular weight excluding hydrogens is 378 g/mol. The van der Waals surface area contributed by atoms with Crippen LogP contribution in [0.2, 0.25) is 0 Å². The van der Waals surface area contributed by atoms with Crippen LogP contribution in [0.15, 0.2) is 85.2 Å². The molecule has 2 amide bonds. The standard InChI is InChI=1S/C23H19N5O2/c29-22(17-9-5-2-6-10-17)28-20-13-18(11-12-24-20)19-15-25-21(27-19)23(30)26-14-16-7-3-1-4-8-16/h1-13,15H,14H2,(H,25,27)(H,26,30)(H,24,28,29). The Kier molecular flexibility index (Phi) is 5.61. The third-order valence-corrected chi connectivity index (χ3v) is 4.42. The van der Waals surface area contributed by atoms with Gasteiger partial charge in [-0.25, -0.2) is 9.97 Å². The third kappa shape index (κ3) is 4.59. The number of aromatic nitrogens is 3. The quantitative estimate of drug-likeness (QED) is 0.462. The summed E-state index contributed by atoms with van der Waals surface area (Å²) < 4.78 is 0. The minimum Gasteiger partial charge on any atom is -0.345 e. The predicted octanol–water partition coefficient (Wildman–Crippen LogP) is 3.65. The van der Waals surface area contributed by atoms with E-state index < -0.39 is 0 Å². The van der Waals surface area contributed by atoms with Crippen molar-refractivity contribution in [3.05, 3.63) is 102 Å². The number of nitrogens with one attached hydrogen (secondary N) is 3. The smallest absolute Gasteiger partial charge is 0.287 e. The van der Waals surface area contributed by atoms with E-state index in [4.69, 9.17) is 0 Å². The molecule has 148 valence electrons. The van der Waals surface area contributed by atoms with Crippen molar-refractivity contribution >= 4 is 17.6 Å². The van der Waals surface area contributed by atoms with Gasteiger partial charge in [0.15, 0.2) is 5.82 Å². The van der Waals surface area contributed by atoms with Gasteiger partial charge in [-0.2, -0.15) is 0 Å². The van der Waals surface area contributed by atoms with E-state index in [0.29, 0.717) is 23.6 Å². The van der Waals surface area contributed by atoms with Crippen LogP contribution in [0.3, 0.4) is 0 Å². The Bertz CT molecular complexity index is 1160. The topological polar surface area (TPSA) is 99.8 Å². The van der Waals surface area contributed by atoms with Crippen molar-refractivity contribution in [3.8, 4) is 11.3 Å². The summed E-state index contributed by atoms with van der Waals surface area (Å²) in [6, 6.07) is 22.0. The molecule has 0 saturated heterocycles. The maximum absolute atomic E-state index is 12.4. The minimum absolute atomic E-state index is 0.215. The first-order chi connectivity index (χ1) is 14.7. The lowest BCUT2D eigenvalue weighted by molar-refractivity contribution is 0.0941. The molecule has 0 bridgehead atoms. The number of H-pyrrole nitrogens is 1. The van der Waals surface area contributed by atoms with Gasteiger partial charge in [0.2, 0.25) is 0 Å². The Morgan fingerprint density at radius 3 is 2.40 bits per heavy atom. The summed E-state index contributed by atoms with van der Waals surface area (Å²) >= 11 is 0. The van der Waals surface area contributed by atoms with Gasteiger partial charge in [0, 0.05) is 30.1 Å². The van der Waals surface area contributed by atoms with Crippen LogP contribution in [0.25, 0.3) is 11.3 Å². The molecule has 0 fully saturated rings. The Morgan fingerprint density at radius 1 is 0.900 bits per heavy atom. The lowest BCUT2D eigenvalue weighted by atomic mass is 10.2. The monoisotopic (exact) mass is 397 g/mol. The molecular formula is C23H19N5O2. The summed E-state index contributed by atoms with van der Waals surface area (Å²) in [5.74, 6) is 0.0760. The van der Waals surface area contributed by atoms with Gasteiger partial charge in [0.05, 0.1) is 5.69 Å². The molecule has 0 aliphatic rings. The zero-order valence-electron chi connectivity index (χ0n) is 16.0. The molecule has 30 heavy (non-hydrogen) atoms. The second-order valence-electron chi connectivity index (χ2n) is 6.55. The maximum atomic E-state index is 12.4. The van der Waals surface area contributed by atoms with Crippen LogP contribution < -0.4 is 10.6 Å². The summed E-state index contributed by atoms with van der Waals surface area (Å²) in [6.45, 7) is 0.417. The predicted molar refractivity (Wildman–Crippen MR) is 114 cm³/mol. The second-order valence-corrected chi connectivity index (χ2v) is 6.55. The molecule has 0 radical (unpaired) electrons. The maximum Gasteiger partial charge on any atom is 0.287 e. The van der Waals surface area contributed by atoms with Crippen molar-refractivity contribution in [1.29, 1.82) is 0 Å². The average molecular weight is 397 g/mol. The largest absolute Gasteiger partial charge is 0.345 e. The van der Waals surface area contributed by atoms with Crippen LogP contribution in [-0.4, -0.2) is 26.8 Å². The van der Waals surface area contributed by atoms with E-state index in [1.54, 1.807) is 48.8 Å². The van der Waals surface area contributed by atoms with Gasteiger partial charge >= 0.3 is 0 Å². The fraction of sp³-hybridized carbons (Fsp3) is 0.0435. The molecule has 0 aliphatic heterocycles. The Hall–Kier alpha value is -4.26. The van der Waals surface area contributed by atoms with Gasteiger partial charge in [-0.1, -0.05) is 48.5 Å². The highest BCUT2D eigenvalue weighted by atomic mass is 16.2. The van der Waals surface area contributed by atoms with E-state index in [1.807, 2.05) is 36.4 Å². The third-order valence-electron chi connectivity index (χ3n) is 4.42. The number of carbonyl (C=O) groups excluding carboxylic acids is 2. The van der Waals surface area contributed by atoms with Crippen molar-refractivity contribution < 1.29 is 9.59 Å². The van der Waals surface area contributed by atoms with Crippen LogP contribution in [0, 0.1) is 0 Å². The number of rotatable bonds is 6. The molecule has 4 rings (SSSR count). The summed E-state index contributed by atoms with van der Waals surface area (Å²) in [7, 11) is 0. The first kappa shape index (κ1) is 19.1. The lowest BCUT2D eigenvalue weighted by Gasteiger charge is -2.05.